The number of nitrogens with zero attached hydrogens (tertiary/aromatic N) is 3. The van der Waals surface area contributed by atoms with Crippen molar-refractivity contribution in [2.75, 3.05) is 27.3 Å². The lowest BCUT2D eigenvalue weighted by molar-refractivity contribution is -0.0193. The molecule has 1 atom stereocenters. The van der Waals surface area contributed by atoms with Crippen molar-refractivity contribution < 1.29 is 28.5 Å². The molecule has 1 unspecified atom stereocenters. The molecule has 1 aliphatic rings. The van der Waals surface area contributed by atoms with Crippen LogP contribution in [0.3, 0.4) is 0 Å². The normalized spacial score (nSPS) is 15.5. The van der Waals surface area contributed by atoms with E-state index >= 15 is 0 Å². The minimum atomic E-state index is -0.865. The van der Waals surface area contributed by atoms with E-state index in [9.17, 15) is 19.1 Å². The third kappa shape index (κ3) is 5.50. The summed E-state index contributed by atoms with van der Waals surface area (Å²) in [5, 5.41) is 11.5. The van der Waals surface area contributed by atoms with Gasteiger partial charge in [0, 0.05) is 19.0 Å². The van der Waals surface area contributed by atoms with Crippen molar-refractivity contribution in [2.24, 2.45) is 0 Å². The fraction of sp³-hybridized carbons (Fsp3) is 0.393. The SMILES string of the molecule is COc1cccc(OC)c1-n1c(COC(C)(C)C)nc(=O)c(C(=O)N2CCC(c3ccc(F)cc3)C2)c1O. The molecule has 0 radical (unpaired) electrons. The Hall–Kier alpha value is -3.92. The first-order valence-electron chi connectivity index (χ1n) is 12.3. The molecule has 9 nitrogen and oxygen atoms in total. The van der Waals surface area contributed by atoms with Crippen LogP contribution in [0.4, 0.5) is 4.39 Å². The van der Waals surface area contributed by atoms with Crippen LogP contribution in [-0.2, 0) is 11.3 Å². The predicted molar refractivity (Wildman–Crippen MR) is 139 cm³/mol. The van der Waals surface area contributed by atoms with Gasteiger partial charge < -0.3 is 24.2 Å². The molecule has 2 heterocycles. The first kappa shape index (κ1) is 27.1. The van der Waals surface area contributed by atoms with Crippen molar-refractivity contribution in [3.8, 4) is 23.1 Å². The van der Waals surface area contributed by atoms with Gasteiger partial charge >= 0.3 is 0 Å². The van der Waals surface area contributed by atoms with Gasteiger partial charge in [0.1, 0.15) is 35.4 Å². The van der Waals surface area contributed by atoms with Crippen LogP contribution in [0.1, 0.15) is 54.9 Å². The van der Waals surface area contributed by atoms with Crippen molar-refractivity contribution in [2.45, 2.75) is 45.3 Å². The zero-order chi connectivity index (χ0) is 27.6. The van der Waals surface area contributed by atoms with Gasteiger partial charge in [-0.2, -0.15) is 4.98 Å². The lowest BCUT2D eigenvalue weighted by atomic mass is 9.99. The molecule has 1 fully saturated rings. The monoisotopic (exact) mass is 525 g/mol. The predicted octanol–water partition coefficient (Wildman–Crippen LogP) is 4.04. The number of ether oxygens (including phenoxy) is 3. The molecule has 0 saturated carbocycles. The van der Waals surface area contributed by atoms with E-state index in [1.165, 1.54) is 35.8 Å². The van der Waals surface area contributed by atoms with E-state index in [2.05, 4.69) is 4.98 Å². The maximum absolute atomic E-state index is 13.6. The molecule has 1 N–H and O–H groups in total. The standard InChI is InChI=1S/C28H32FN3O6/c1-28(2,3)38-16-22-30-25(33)23(27(35)32(22)24-20(36-4)7-6-8-21(24)37-5)26(34)31-14-13-18(15-31)17-9-11-19(29)12-10-17/h6-12,18,35H,13-16H2,1-5H3. The number of carbonyl (C=O) groups is 1. The van der Waals surface area contributed by atoms with Crippen molar-refractivity contribution in [1.82, 2.24) is 14.5 Å². The molecular weight excluding hydrogens is 493 g/mol. The summed E-state index contributed by atoms with van der Waals surface area (Å²) in [6, 6.07) is 11.2. The van der Waals surface area contributed by atoms with E-state index in [1.807, 2.05) is 20.8 Å². The third-order valence-corrected chi connectivity index (χ3v) is 6.43. The number of methoxy groups -OCH3 is 2. The lowest BCUT2D eigenvalue weighted by Gasteiger charge is -2.24. The van der Waals surface area contributed by atoms with Crippen LogP contribution in [-0.4, -0.2) is 58.4 Å². The Morgan fingerprint density at radius 3 is 2.32 bits per heavy atom. The van der Waals surface area contributed by atoms with Gasteiger partial charge in [-0.15, -0.1) is 0 Å². The maximum atomic E-state index is 13.6. The van der Waals surface area contributed by atoms with Crippen LogP contribution in [0.5, 0.6) is 17.4 Å². The fourth-order valence-corrected chi connectivity index (χ4v) is 4.51. The number of para-hydroxylation sites is 1. The van der Waals surface area contributed by atoms with E-state index in [4.69, 9.17) is 14.2 Å². The fourth-order valence-electron chi connectivity index (χ4n) is 4.51. The van der Waals surface area contributed by atoms with Crippen LogP contribution < -0.4 is 15.0 Å². The van der Waals surface area contributed by atoms with Gasteiger partial charge in [0.15, 0.2) is 5.56 Å². The number of carbonyl (C=O) groups excluding carboxylic acids is 1. The number of rotatable bonds is 7. The average Bonchev–Trinajstić information content (AvgIpc) is 3.37. The van der Waals surface area contributed by atoms with Gasteiger partial charge in [-0.3, -0.25) is 14.2 Å². The summed E-state index contributed by atoms with van der Waals surface area (Å²) in [7, 11) is 2.92. The Morgan fingerprint density at radius 2 is 1.74 bits per heavy atom. The minimum absolute atomic E-state index is 0.0225. The summed E-state index contributed by atoms with van der Waals surface area (Å²) in [5.74, 6) is -0.848. The third-order valence-electron chi connectivity index (χ3n) is 6.43. The first-order valence-corrected chi connectivity index (χ1v) is 12.3. The summed E-state index contributed by atoms with van der Waals surface area (Å²) < 4.78 is 31.5. The van der Waals surface area contributed by atoms with E-state index < -0.39 is 28.5 Å². The van der Waals surface area contributed by atoms with Gasteiger partial charge in [0.05, 0.1) is 19.8 Å². The van der Waals surface area contributed by atoms with E-state index in [0.29, 0.717) is 31.0 Å². The van der Waals surface area contributed by atoms with Crippen LogP contribution >= 0.6 is 0 Å². The molecular formula is C28H32FN3O6. The van der Waals surface area contributed by atoms with Gasteiger partial charge in [0.25, 0.3) is 11.5 Å². The largest absolute Gasteiger partial charge is 0.494 e. The van der Waals surface area contributed by atoms with Gasteiger partial charge in [-0.05, 0) is 57.0 Å². The number of hydrogen-bond donors (Lipinski definition) is 1. The molecule has 2 aromatic carbocycles. The summed E-state index contributed by atoms with van der Waals surface area (Å²) >= 11 is 0. The second-order valence-corrected chi connectivity index (χ2v) is 10.1. The number of hydrogen-bond acceptors (Lipinski definition) is 7. The van der Waals surface area contributed by atoms with E-state index in [0.717, 1.165) is 5.56 Å². The second-order valence-electron chi connectivity index (χ2n) is 10.1. The molecule has 3 aromatic rings. The molecule has 0 spiro atoms. The van der Waals surface area contributed by atoms with Crippen molar-refractivity contribution >= 4 is 5.91 Å². The quantitative estimate of drug-likeness (QED) is 0.497. The highest BCUT2D eigenvalue weighted by Gasteiger charge is 2.34. The minimum Gasteiger partial charge on any atom is -0.494 e. The summed E-state index contributed by atoms with van der Waals surface area (Å²) in [6.07, 6.45) is 0.636. The molecule has 38 heavy (non-hydrogen) atoms. The first-order chi connectivity index (χ1) is 18.0. The zero-order valence-electron chi connectivity index (χ0n) is 22.2. The molecule has 0 bridgehead atoms. The second kappa shape index (κ2) is 10.8. The summed E-state index contributed by atoms with van der Waals surface area (Å²) in [4.78, 5) is 32.4. The van der Waals surface area contributed by atoms with Gasteiger partial charge in [-0.25, -0.2) is 4.39 Å². The number of aromatic hydroxyl groups is 1. The average molecular weight is 526 g/mol. The van der Waals surface area contributed by atoms with Crippen molar-refractivity contribution in [3.63, 3.8) is 0 Å². The molecule has 1 amide bonds. The number of benzene rings is 2. The number of aromatic nitrogens is 2. The molecule has 4 rings (SSSR count). The summed E-state index contributed by atoms with van der Waals surface area (Å²) in [5.41, 5.74) is -0.722. The Kier molecular flexibility index (Phi) is 7.73. The molecule has 1 aromatic heterocycles. The molecule has 10 heteroatoms. The highest BCUT2D eigenvalue weighted by Crippen LogP contribution is 2.37. The topological polar surface area (TPSA) is 103 Å². The molecule has 1 aliphatic heterocycles. The Morgan fingerprint density at radius 1 is 1.11 bits per heavy atom. The van der Waals surface area contributed by atoms with Crippen molar-refractivity contribution in [1.29, 1.82) is 0 Å². The highest BCUT2D eigenvalue weighted by molar-refractivity contribution is 5.96. The van der Waals surface area contributed by atoms with E-state index in [-0.39, 0.29) is 29.9 Å². The van der Waals surface area contributed by atoms with Crippen molar-refractivity contribution in [3.05, 3.63) is 75.6 Å². The van der Waals surface area contributed by atoms with Crippen LogP contribution in [0.15, 0.2) is 47.3 Å². The maximum Gasteiger partial charge on any atom is 0.289 e. The molecule has 202 valence electrons. The van der Waals surface area contributed by atoms with Gasteiger partial charge in [0.2, 0.25) is 5.88 Å². The van der Waals surface area contributed by atoms with Crippen LogP contribution in [0.2, 0.25) is 0 Å². The van der Waals surface area contributed by atoms with Crippen LogP contribution in [0, 0.1) is 5.82 Å². The summed E-state index contributed by atoms with van der Waals surface area (Å²) in [6.45, 7) is 6.10. The Bertz CT molecular complexity index is 1360. The van der Waals surface area contributed by atoms with E-state index in [1.54, 1.807) is 30.3 Å². The number of halogens is 1. The van der Waals surface area contributed by atoms with Crippen LogP contribution in [0.25, 0.3) is 5.69 Å². The smallest absolute Gasteiger partial charge is 0.289 e. The Balaban J connectivity index is 1.79. The highest BCUT2D eigenvalue weighted by atomic mass is 19.1. The molecule has 0 aliphatic carbocycles. The van der Waals surface area contributed by atoms with Gasteiger partial charge in [-0.1, -0.05) is 18.2 Å². The zero-order valence-corrected chi connectivity index (χ0v) is 22.2. The number of likely N-dealkylation sites (tertiary alicyclic amines) is 1. The Labute approximate surface area is 220 Å². The number of amides is 1. The lowest BCUT2D eigenvalue weighted by Crippen LogP contribution is -2.35. The molecule has 1 saturated heterocycles.